The molecule has 0 spiro atoms. The van der Waals surface area contributed by atoms with Gasteiger partial charge in [-0.25, -0.2) is 9.37 Å². The van der Waals surface area contributed by atoms with Crippen molar-refractivity contribution in [3.63, 3.8) is 0 Å². The lowest BCUT2D eigenvalue weighted by atomic mass is 9.95. The first-order chi connectivity index (χ1) is 10.6. The Kier molecular flexibility index (Phi) is 4.63. The van der Waals surface area contributed by atoms with Crippen molar-refractivity contribution in [1.29, 1.82) is 0 Å². The van der Waals surface area contributed by atoms with Gasteiger partial charge in [-0.3, -0.25) is 0 Å². The molecule has 2 rings (SSSR count). The molecule has 0 saturated heterocycles. The number of hydrogen-bond acceptors (Lipinski definition) is 2. The minimum absolute atomic E-state index is 0.0673. The van der Waals surface area contributed by atoms with Crippen LogP contribution < -0.4 is 4.74 Å². The van der Waals surface area contributed by atoms with Crippen LogP contribution in [0, 0.1) is 12.7 Å². The highest BCUT2D eigenvalue weighted by Gasteiger charge is 2.32. The first-order valence-electron chi connectivity index (χ1n) is 7.07. The minimum Gasteiger partial charge on any atom is -0.496 e. The van der Waals surface area contributed by atoms with E-state index >= 15 is 0 Å². The van der Waals surface area contributed by atoms with Gasteiger partial charge in [0.25, 0.3) is 0 Å². The number of benzene rings is 1. The molecule has 0 aliphatic carbocycles. The predicted molar refractivity (Wildman–Crippen MR) is 80.0 cm³/mol. The standard InChI is InChI=1S/C17H17F4NO/c1-9(2)12-7-13(15(23-4)8-14(12)18)11-5-6-16(17(19,20)21)22-10(11)3/h5-9H,1-4H3. The van der Waals surface area contributed by atoms with Crippen LogP contribution in [0.1, 0.15) is 36.7 Å². The van der Waals surface area contributed by atoms with E-state index < -0.39 is 17.7 Å². The Morgan fingerprint density at radius 3 is 2.22 bits per heavy atom. The first kappa shape index (κ1) is 17.2. The minimum atomic E-state index is -4.50. The van der Waals surface area contributed by atoms with E-state index in [-0.39, 0.29) is 17.4 Å². The molecule has 1 heterocycles. The number of halogens is 4. The van der Waals surface area contributed by atoms with E-state index in [0.717, 1.165) is 6.07 Å². The zero-order valence-corrected chi connectivity index (χ0v) is 13.3. The molecule has 0 atom stereocenters. The Hall–Kier alpha value is -2.11. The van der Waals surface area contributed by atoms with Gasteiger partial charge in [0.1, 0.15) is 17.3 Å². The van der Waals surface area contributed by atoms with Crippen LogP contribution in [0.5, 0.6) is 5.75 Å². The zero-order chi connectivity index (χ0) is 17.4. The van der Waals surface area contributed by atoms with Crippen molar-refractivity contribution in [2.24, 2.45) is 0 Å². The Morgan fingerprint density at radius 2 is 1.74 bits per heavy atom. The second kappa shape index (κ2) is 6.18. The Bertz CT molecular complexity index is 723. The highest BCUT2D eigenvalue weighted by molar-refractivity contribution is 5.73. The lowest BCUT2D eigenvalue weighted by Crippen LogP contribution is -2.09. The molecule has 0 N–H and O–H groups in total. The number of pyridine rings is 1. The topological polar surface area (TPSA) is 22.1 Å². The number of alkyl halides is 3. The summed E-state index contributed by atoms with van der Waals surface area (Å²) in [6.45, 7) is 5.17. The van der Waals surface area contributed by atoms with Crippen LogP contribution >= 0.6 is 0 Å². The summed E-state index contributed by atoms with van der Waals surface area (Å²) in [6.07, 6.45) is -4.50. The van der Waals surface area contributed by atoms with Gasteiger partial charge >= 0.3 is 6.18 Å². The van der Waals surface area contributed by atoms with E-state index in [1.807, 2.05) is 13.8 Å². The number of methoxy groups -OCH3 is 1. The van der Waals surface area contributed by atoms with Gasteiger partial charge in [-0.05, 0) is 30.5 Å². The number of rotatable bonds is 3. The summed E-state index contributed by atoms with van der Waals surface area (Å²) < 4.78 is 57.4. The largest absolute Gasteiger partial charge is 0.496 e. The highest BCUT2D eigenvalue weighted by Crippen LogP contribution is 2.37. The number of hydrogen-bond donors (Lipinski definition) is 0. The number of aryl methyl sites for hydroxylation is 1. The maximum atomic E-state index is 14.1. The molecule has 124 valence electrons. The third-order valence-corrected chi connectivity index (χ3v) is 3.61. The average molecular weight is 327 g/mol. The van der Waals surface area contributed by atoms with Crippen LogP contribution in [0.2, 0.25) is 0 Å². The van der Waals surface area contributed by atoms with Gasteiger partial charge in [-0.1, -0.05) is 19.9 Å². The maximum absolute atomic E-state index is 14.1. The smallest absolute Gasteiger partial charge is 0.433 e. The van der Waals surface area contributed by atoms with E-state index in [0.29, 0.717) is 16.7 Å². The normalized spacial score (nSPS) is 11.9. The fourth-order valence-electron chi connectivity index (χ4n) is 2.40. The van der Waals surface area contributed by atoms with Crippen LogP contribution in [0.15, 0.2) is 24.3 Å². The molecule has 0 aliphatic heterocycles. The molecule has 0 unspecified atom stereocenters. The molecule has 6 heteroatoms. The second-order valence-corrected chi connectivity index (χ2v) is 5.56. The van der Waals surface area contributed by atoms with Gasteiger partial charge in [0.05, 0.1) is 7.11 Å². The summed E-state index contributed by atoms with van der Waals surface area (Å²) in [5.41, 5.74) is 0.733. The van der Waals surface area contributed by atoms with Gasteiger partial charge in [0, 0.05) is 22.9 Å². The second-order valence-electron chi connectivity index (χ2n) is 5.56. The quantitative estimate of drug-likeness (QED) is 0.709. The first-order valence-corrected chi connectivity index (χ1v) is 7.07. The van der Waals surface area contributed by atoms with Gasteiger partial charge in [0.15, 0.2) is 0 Å². The van der Waals surface area contributed by atoms with E-state index in [1.54, 1.807) is 6.07 Å². The third kappa shape index (κ3) is 3.46. The van der Waals surface area contributed by atoms with Gasteiger partial charge < -0.3 is 4.74 Å². The Balaban J connectivity index is 2.64. The van der Waals surface area contributed by atoms with Crippen LogP contribution in [0.4, 0.5) is 17.6 Å². The van der Waals surface area contributed by atoms with E-state index in [2.05, 4.69) is 4.98 Å². The van der Waals surface area contributed by atoms with E-state index in [1.165, 1.54) is 26.2 Å². The van der Waals surface area contributed by atoms with E-state index in [9.17, 15) is 17.6 Å². The monoisotopic (exact) mass is 327 g/mol. The van der Waals surface area contributed by atoms with Crippen LogP contribution in [0.25, 0.3) is 11.1 Å². The third-order valence-electron chi connectivity index (χ3n) is 3.61. The summed E-state index contributed by atoms with van der Waals surface area (Å²) in [7, 11) is 1.39. The molecule has 0 amide bonds. The molecule has 0 saturated carbocycles. The molecular weight excluding hydrogens is 310 g/mol. The van der Waals surface area contributed by atoms with Crippen molar-refractivity contribution < 1.29 is 22.3 Å². The van der Waals surface area contributed by atoms with Crippen molar-refractivity contribution >= 4 is 0 Å². The van der Waals surface area contributed by atoms with Gasteiger partial charge in [-0.2, -0.15) is 13.2 Å². The van der Waals surface area contributed by atoms with Gasteiger partial charge in [-0.15, -0.1) is 0 Å². The number of aromatic nitrogens is 1. The number of nitrogens with zero attached hydrogens (tertiary/aromatic N) is 1. The molecule has 1 aromatic heterocycles. The van der Waals surface area contributed by atoms with Gasteiger partial charge in [0.2, 0.25) is 0 Å². The van der Waals surface area contributed by atoms with Crippen molar-refractivity contribution in [2.45, 2.75) is 32.9 Å². The average Bonchev–Trinajstić information content (AvgIpc) is 2.45. The molecule has 0 aliphatic rings. The summed E-state index contributed by atoms with van der Waals surface area (Å²) >= 11 is 0. The molecule has 0 fully saturated rings. The molecule has 2 nitrogen and oxygen atoms in total. The molecule has 2 aromatic rings. The summed E-state index contributed by atoms with van der Waals surface area (Å²) in [4.78, 5) is 3.62. The predicted octanol–water partition coefficient (Wildman–Crippen LogP) is 5.35. The maximum Gasteiger partial charge on any atom is 0.433 e. The van der Waals surface area contributed by atoms with Crippen LogP contribution in [-0.2, 0) is 6.18 Å². The van der Waals surface area contributed by atoms with Crippen molar-refractivity contribution in [3.8, 4) is 16.9 Å². The Morgan fingerprint density at radius 1 is 1.09 bits per heavy atom. The number of ether oxygens (including phenoxy) is 1. The lowest BCUT2D eigenvalue weighted by Gasteiger charge is -2.16. The summed E-state index contributed by atoms with van der Waals surface area (Å²) in [5, 5.41) is 0. The lowest BCUT2D eigenvalue weighted by molar-refractivity contribution is -0.141. The fourth-order valence-corrected chi connectivity index (χ4v) is 2.40. The molecule has 1 aromatic carbocycles. The van der Waals surface area contributed by atoms with Crippen molar-refractivity contribution in [2.75, 3.05) is 7.11 Å². The SMILES string of the molecule is COc1cc(F)c(C(C)C)cc1-c1ccc(C(F)(F)F)nc1C. The highest BCUT2D eigenvalue weighted by atomic mass is 19.4. The zero-order valence-electron chi connectivity index (χ0n) is 13.3. The van der Waals surface area contributed by atoms with Crippen molar-refractivity contribution in [1.82, 2.24) is 4.98 Å². The summed E-state index contributed by atoms with van der Waals surface area (Å²) in [5.74, 6) is -0.211. The molecule has 23 heavy (non-hydrogen) atoms. The molecule has 0 bridgehead atoms. The van der Waals surface area contributed by atoms with Crippen molar-refractivity contribution in [3.05, 3.63) is 47.0 Å². The van der Waals surface area contributed by atoms with E-state index in [4.69, 9.17) is 4.74 Å². The Labute approximate surface area is 132 Å². The van der Waals surface area contributed by atoms with Crippen LogP contribution in [0.3, 0.4) is 0 Å². The molecular formula is C17H17F4NO. The molecule has 0 radical (unpaired) electrons. The van der Waals surface area contributed by atoms with Crippen LogP contribution in [-0.4, -0.2) is 12.1 Å². The summed E-state index contributed by atoms with van der Waals surface area (Å²) in [6, 6.07) is 5.11. The fraction of sp³-hybridized carbons (Fsp3) is 0.353.